The molecule has 0 unspecified atom stereocenters. The van der Waals surface area contributed by atoms with E-state index in [1.807, 2.05) is 6.26 Å². The third kappa shape index (κ3) is 3.08. The normalized spacial score (nSPS) is 16.7. The quantitative estimate of drug-likeness (QED) is 0.512. The molecule has 0 saturated heterocycles. The SMILES string of the molecule is COCCNc1nc(SC)nc2c3c(sc12)CC(C)(C)OC3. The van der Waals surface area contributed by atoms with Gasteiger partial charge in [-0.3, -0.25) is 0 Å². The van der Waals surface area contributed by atoms with Crippen LogP contribution in [0.25, 0.3) is 10.2 Å². The first-order valence-electron chi connectivity index (χ1n) is 7.27. The Labute approximate surface area is 138 Å². The first-order chi connectivity index (χ1) is 10.5. The van der Waals surface area contributed by atoms with E-state index in [-0.39, 0.29) is 5.60 Å². The number of ether oxygens (including phenoxy) is 2. The molecule has 0 aliphatic carbocycles. The van der Waals surface area contributed by atoms with Crippen molar-refractivity contribution >= 4 is 39.1 Å². The van der Waals surface area contributed by atoms with Crippen LogP contribution in [-0.4, -0.2) is 42.1 Å². The maximum Gasteiger partial charge on any atom is 0.189 e. The lowest BCUT2D eigenvalue weighted by molar-refractivity contribution is -0.0383. The van der Waals surface area contributed by atoms with Crippen LogP contribution in [0.2, 0.25) is 0 Å². The number of thiophene rings is 1. The molecule has 22 heavy (non-hydrogen) atoms. The number of nitrogens with one attached hydrogen (secondary N) is 1. The first-order valence-corrected chi connectivity index (χ1v) is 9.31. The highest BCUT2D eigenvalue weighted by molar-refractivity contribution is 7.98. The minimum absolute atomic E-state index is 0.104. The Morgan fingerprint density at radius 1 is 1.41 bits per heavy atom. The number of hydrogen-bond acceptors (Lipinski definition) is 7. The standard InChI is InChI=1S/C15H21N3O2S2/c1-15(2)7-10-9(8-20-15)11-12(22-10)13(16-5-6-19-3)18-14(17-11)21-4/h5-8H2,1-4H3,(H,16,17,18). The fraction of sp³-hybridized carbons (Fsp3) is 0.600. The van der Waals surface area contributed by atoms with Gasteiger partial charge in [-0.1, -0.05) is 11.8 Å². The van der Waals surface area contributed by atoms with Crippen molar-refractivity contribution in [2.75, 3.05) is 31.8 Å². The summed E-state index contributed by atoms with van der Waals surface area (Å²) in [6.07, 6.45) is 2.92. The zero-order chi connectivity index (χ0) is 15.7. The van der Waals surface area contributed by atoms with Crippen LogP contribution >= 0.6 is 23.1 Å². The summed E-state index contributed by atoms with van der Waals surface area (Å²) in [7, 11) is 1.70. The Morgan fingerprint density at radius 2 is 2.23 bits per heavy atom. The summed E-state index contributed by atoms with van der Waals surface area (Å²) in [5, 5.41) is 4.16. The maximum atomic E-state index is 5.97. The number of fused-ring (bicyclic) bond motifs is 3. The summed E-state index contributed by atoms with van der Waals surface area (Å²) >= 11 is 3.35. The van der Waals surface area contributed by atoms with E-state index in [4.69, 9.17) is 14.5 Å². The molecule has 0 amide bonds. The van der Waals surface area contributed by atoms with Gasteiger partial charge in [-0.05, 0) is 20.1 Å². The van der Waals surface area contributed by atoms with Gasteiger partial charge >= 0.3 is 0 Å². The van der Waals surface area contributed by atoms with Gasteiger partial charge in [0.05, 0.1) is 29.0 Å². The van der Waals surface area contributed by atoms with Gasteiger partial charge in [-0.25, -0.2) is 9.97 Å². The number of rotatable bonds is 5. The Balaban J connectivity index is 2.05. The van der Waals surface area contributed by atoms with Crippen molar-refractivity contribution in [3.05, 3.63) is 10.4 Å². The Bertz CT molecular complexity index is 685. The van der Waals surface area contributed by atoms with Crippen LogP contribution in [-0.2, 0) is 22.5 Å². The highest BCUT2D eigenvalue weighted by Crippen LogP contribution is 2.41. The minimum Gasteiger partial charge on any atom is -0.383 e. The highest BCUT2D eigenvalue weighted by Gasteiger charge is 2.30. The molecule has 3 heterocycles. The van der Waals surface area contributed by atoms with Crippen LogP contribution < -0.4 is 5.32 Å². The average Bonchev–Trinajstić information content (AvgIpc) is 2.83. The molecule has 7 heteroatoms. The van der Waals surface area contributed by atoms with Crippen molar-refractivity contribution < 1.29 is 9.47 Å². The van der Waals surface area contributed by atoms with Gasteiger partial charge in [0.1, 0.15) is 5.82 Å². The summed E-state index contributed by atoms with van der Waals surface area (Å²) in [6, 6.07) is 0. The van der Waals surface area contributed by atoms with Gasteiger partial charge < -0.3 is 14.8 Å². The fourth-order valence-electron chi connectivity index (χ4n) is 2.53. The molecule has 5 nitrogen and oxygen atoms in total. The molecule has 2 aromatic rings. The van der Waals surface area contributed by atoms with Crippen molar-refractivity contribution in [1.82, 2.24) is 9.97 Å². The number of aromatic nitrogens is 2. The summed E-state index contributed by atoms with van der Waals surface area (Å²) in [6.45, 7) is 6.29. The summed E-state index contributed by atoms with van der Waals surface area (Å²) in [4.78, 5) is 10.7. The van der Waals surface area contributed by atoms with E-state index in [2.05, 4.69) is 24.1 Å². The topological polar surface area (TPSA) is 56.3 Å². The van der Waals surface area contributed by atoms with Crippen LogP contribution in [0.3, 0.4) is 0 Å². The van der Waals surface area contributed by atoms with Gasteiger partial charge in [0.15, 0.2) is 5.16 Å². The summed E-state index contributed by atoms with van der Waals surface area (Å²) in [5.41, 5.74) is 2.16. The minimum atomic E-state index is -0.104. The van der Waals surface area contributed by atoms with E-state index in [9.17, 15) is 0 Å². The number of nitrogens with zero attached hydrogens (tertiary/aromatic N) is 2. The molecule has 0 saturated carbocycles. The second-order valence-electron chi connectivity index (χ2n) is 5.89. The first kappa shape index (κ1) is 16.0. The van der Waals surface area contributed by atoms with Gasteiger partial charge in [-0.2, -0.15) is 0 Å². The molecule has 1 N–H and O–H groups in total. The number of hydrogen-bond donors (Lipinski definition) is 1. The van der Waals surface area contributed by atoms with Crippen molar-refractivity contribution in [3.63, 3.8) is 0 Å². The Hall–Kier alpha value is -0.890. The molecule has 120 valence electrons. The lowest BCUT2D eigenvalue weighted by Crippen LogP contribution is -2.30. The Morgan fingerprint density at radius 3 is 2.95 bits per heavy atom. The molecule has 0 aromatic carbocycles. The zero-order valence-electron chi connectivity index (χ0n) is 13.4. The monoisotopic (exact) mass is 339 g/mol. The van der Waals surface area contributed by atoms with Gasteiger partial charge in [-0.15, -0.1) is 11.3 Å². The molecule has 0 bridgehead atoms. The second kappa shape index (κ2) is 6.31. The van der Waals surface area contributed by atoms with Crippen LogP contribution in [0.5, 0.6) is 0 Å². The molecule has 0 spiro atoms. The average molecular weight is 339 g/mol. The molecule has 1 aliphatic rings. The second-order valence-corrected chi connectivity index (χ2v) is 7.76. The van der Waals surface area contributed by atoms with Gasteiger partial charge in [0.25, 0.3) is 0 Å². The van der Waals surface area contributed by atoms with E-state index >= 15 is 0 Å². The number of methoxy groups -OCH3 is 1. The lowest BCUT2D eigenvalue weighted by atomic mass is 9.98. The number of thioether (sulfide) groups is 1. The van der Waals surface area contributed by atoms with Crippen LogP contribution in [0.1, 0.15) is 24.3 Å². The number of anilines is 1. The smallest absolute Gasteiger partial charge is 0.189 e. The van der Waals surface area contributed by atoms with Crippen molar-refractivity contribution in [2.24, 2.45) is 0 Å². The molecular weight excluding hydrogens is 318 g/mol. The van der Waals surface area contributed by atoms with E-state index in [0.717, 1.165) is 34.2 Å². The molecule has 3 rings (SSSR count). The summed E-state index contributed by atoms with van der Waals surface area (Å²) < 4.78 is 12.2. The van der Waals surface area contributed by atoms with Gasteiger partial charge in [0, 0.05) is 30.5 Å². The molecule has 2 aromatic heterocycles. The third-order valence-corrected chi connectivity index (χ3v) is 5.44. The zero-order valence-corrected chi connectivity index (χ0v) is 15.0. The van der Waals surface area contributed by atoms with Crippen molar-refractivity contribution in [3.8, 4) is 0 Å². The molecular formula is C15H21N3O2S2. The van der Waals surface area contributed by atoms with E-state index in [0.29, 0.717) is 13.2 Å². The predicted octanol–water partition coefficient (Wildman–Crippen LogP) is 3.32. The van der Waals surface area contributed by atoms with E-state index in [1.165, 1.54) is 10.4 Å². The largest absolute Gasteiger partial charge is 0.383 e. The predicted molar refractivity (Wildman–Crippen MR) is 92.1 cm³/mol. The molecule has 0 radical (unpaired) electrons. The highest BCUT2D eigenvalue weighted by atomic mass is 32.2. The van der Waals surface area contributed by atoms with Crippen molar-refractivity contribution in [1.29, 1.82) is 0 Å². The lowest BCUT2D eigenvalue weighted by Gasteiger charge is -2.29. The van der Waals surface area contributed by atoms with E-state index in [1.54, 1.807) is 30.2 Å². The summed E-state index contributed by atoms with van der Waals surface area (Å²) in [5.74, 6) is 0.906. The molecule has 0 fully saturated rings. The maximum absolute atomic E-state index is 5.97. The van der Waals surface area contributed by atoms with Gasteiger partial charge in [0.2, 0.25) is 0 Å². The molecule has 0 atom stereocenters. The van der Waals surface area contributed by atoms with Crippen LogP contribution in [0.15, 0.2) is 5.16 Å². The van der Waals surface area contributed by atoms with Crippen LogP contribution in [0, 0.1) is 0 Å². The Kier molecular flexibility index (Phi) is 4.59. The van der Waals surface area contributed by atoms with Crippen LogP contribution in [0.4, 0.5) is 5.82 Å². The third-order valence-electron chi connectivity index (χ3n) is 3.67. The molecule has 1 aliphatic heterocycles. The fourth-order valence-corrected chi connectivity index (χ4v) is 4.32. The van der Waals surface area contributed by atoms with E-state index < -0.39 is 0 Å². The van der Waals surface area contributed by atoms with Crippen molar-refractivity contribution in [2.45, 2.75) is 37.6 Å².